The van der Waals surface area contributed by atoms with E-state index in [1.54, 1.807) is 11.8 Å². The first-order valence-corrected chi connectivity index (χ1v) is 6.51. The Morgan fingerprint density at radius 2 is 2.00 bits per heavy atom. The minimum Gasteiger partial charge on any atom is -0.316 e. The van der Waals surface area contributed by atoms with Crippen LogP contribution in [0.5, 0.6) is 0 Å². The lowest BCUT2D eigenvalue weighted by Crippen LogP contribution is -2.06. The van der Waals surface area contributed by atoms with Crippen LogP contribution >= 0.6 is 23.4 Å². The molecule has 2 nitrogen and oxygen atoms in total. The van der Waals surface area contributed by atoms with Crippen LogP contribution in [-0.2, 0) is 6.54 Å². The molecule has 0 aliphatic carbocycles. The van der Waals surface area contributed by atoms with Crippen molar-refractivity contribution >= 4 is 23.4 Å². The quantitative estimate of drug-likeness (QED) is 0.913. The van der Waals surface area contributed by atoms with Gasteiger partial charge in [0.1, 0.15) is 5.03 Å². The van der Waals surface area contributed by atoms with Gasteiger partial charge in [-0.15, -0.1) is 0 Å². The number of nitrogens with one attached hydrogen (secondary N) is 1. The van der Waals surface area contributed by atoms with Gasteiger partial charge in [-0.05, 0) is 42.9 Å². The Kier molecular flexibility index (Phi) is 4.42. The fourth-order valence-corrected chi connectivity index (χ4v) is 2.46. The molecule has 1 aromatic heterocycles. The van der Waals surface area contributed by atoms with Gasteiger partial charge in [-0.25, -0.2) is 4.98 Å². The molecule has 0 saturated carbocycles. The number of hydrogen-bond donors (Lipinski definition) is 1. The van der Waals surface area contributed by atoms with Gasteiger partial charge in [0.25, 0.3) is 0 Å². The molecule has 1 N–H and O–H groups in total. The standard InChI is InChI=1S/C13H13ClN2S/c1-15-9-10-3-2-8-16-13(10)17-12-6-4-11(14)5-7-12/h2-8,15H,9H2,1H3. The van der Waals surface area contributed by atoms with Crippen LogP contribution in [0.1, 0.15) is 5.56 Å². The van der Waals surface area contributed by atoms with E-state index in [9.17, 15) is 0 Å². The van der Waals surface area contributed by atoms with E-state index in [1.807, 2.05) is 43.6 Å². The van der Waals surface area contributed by atoms with E-state index in [1.165, 1.54) is 5.56 Å². The molecule has 0 bridgehead atoms. The van der Waals surface area contributed by atoms with E-state index in [4.69, 9.17) is 11.6 Å². The van der Waals surface area contributed by atoms with E-state index in [0.29, 0.717) is 0 Å². The number of nitrogens with zero attached hydrogens (tertiary/aromatic N) is 1. The molecule has 1 aromatic carbocycles. The molecule has 2 aromatic rings. The molecular formula is C13H13ClN2S. The highest BCUT2D eigenvalue weighted by molar-refractivity contribution is 7.99. The van der Waals surface area contributed by atoms with Crippen molar-refractivity contribution in [2.75, 3.05) is 7.05 Å². The summed E-state index contributed by atoms with van der Waals surface area (Å²) < 4.78 is 0. The third kappa shape index (κ3) is 3.46. The zero-order valence-electron chi connectivity index (χ0n) is 9.48. The molecule has 1 heterocycles. The number of halogens is 1. The topological polar surface area (TPSA) is 24.9 Å². The van der Waals surface area contributed by atoms with Crippen molar-refractivity contribution in [2.24, 2.45) is 0 Å². The molecule has 0 aliphatic heterocycles. The van der Waals surface area contributed by atoms with Gasteiger partial charge in [-0.2, -0.15) is 0 Å². The molecule has 4 heteroatoms. The zero-order valence-corrected chi connectivity index (χ0v) is 11.1. The largest absolute Gasteiger partial charge is 0.316 e. The molecule has 0 atom stereocenters. The first-order valence-electron chi connectivity index (χ1n) is 5.31. The average molecular weight is 265 g/mol. The number of benzene rings is 1. The fourth-order valence-electron chi connectivity index (χ4n) is 1.46. The molecule has 0 unspecified atom stereocenters. The highest BCUT2D eigenvalue weighted by atomic mass is 35.5. The van der Waals surface area contributed by atoms with Crippen LogP contribution in [0.3, 0.4) is 0 Å². The maximum atomic E-state index is 5.86. The first kappa shape index (κ1) is 12.4. The Morgan fingerprint density at radius 1 is 1.24 bits per heavy atom. The van der Waals surface area contributed by atoms with Crippen LogP contribution in [-0.4, -0.2) is 12.0 Å². The van der Waals surface area contributed by atoms with Crippen molar-refractivity contribution in [3.8, 4) is 0 Å². The van der Waals surface area contributed by atoms with Gasteiger partial charge in [0.15, 0.2) is 0 Å². The molecule has 0 saturated heterocycles. The molecular weight excluding hydrogens is 252 g/mol. The Balaban J connectivity index is 2.20. The fraction of sp³-hybridized carbons (Fsp3) is 0.154. The van der Waals surface area contributed by atoms with E-state index in [0.717, 1.165) is 21.5 Å². The number of aromatic nitrogens is 1. The van der Waals surface area contributed by atoms with Crippen molar-refractivity contribution in [3.63, 3.8) is 0 Å². The van der Waals surface area contributed by atoms with Gasteiger partial charge in [0, 0.05) is 22.7 Å². The summed E-state index contributed by atoms with van der Waals surface area (Å²) in [5.41, 5.74) is 1.20. The highest BCUT2D eigenvalue weighted by Gasteiger charge is 2.04. The van der Waals surface area contributed by atoms with Crippen molar-refractivity contribution in [3.05, 3.63) is 53.2 Å². The minimum absolute atomic E-state index is 0.755. The average Bonchev–Trinajstić information content (AvgIpc) is 2.35. The smallest absolute Gasteiger partial charge is 0.105 e. The van der Waals surface area contributed by atoms with Crippen molar-refractivity contribution in [1.82, 2.24) is 10.3 Å². The lowest BCUT2D eigenvalue weighted by atomic mass is 10.3. The maximum absolute atomic E-state index is 5.86. The number of pyridine rings is 1. The molecule has 0 amide bonds. The molecule has 0 aliphatic rings. The van der Waals surface area contributed by atoms with Crippen LogP contribution in [0, 0.1) is 0 Å². The Bertz CT molecular complexity index is 485. The second kappa shape index (κ2) is 6.05. The third-order valence-electron chi connectivity index (χ3n) is 2.25. The van der Waals surface area contributed by atoms with Crippen LogP contribution in [0.25, 0.3) is 0 Å². The van der Waals surface area contributed by atoms with Gasteiger partial charge in [-0.1, -0.05) is 29.4 Å². The second-order valence-corrected chi connectivity index (χ2v) is 5.05. The SMILES string of the molecule is CNCc1cccnc1Sc1ccc(Cl)cc1. The van der Waals surface area contributed by atoms with Crippen LogP contribution in [0.2, 0.25) is 5.02 Å². The van der Waals surface area contributed by atoms with E-state index >= 15 is 0 Å². The minimum atomic E-state index is 0.755. The summed E-state index contributed by atoms with van der Waals surface area (Å²) in [7, 11) is 1.93. The summed E-state index contributed by atoms with van der Waals surface area (Å²) in [6, 6.07) is 11.8. The van der Waals surface area contributed by atoms with E-state index in [2.05, 4.69) is 16.4 Å². The van der Waals surface area contributed by atoms with Crippen LogP contribution in [0.4, 0.5) is 0 Å². The van der Waals surface area contributed by atoms with Gasteiger partial charge >= 0.3 is 0 Å². The van der Waals surface area contributed by atoms with Gasteiger partial charge in [-0.3, -0.25) is 0 Å². The highest BCUT2D eigenvalue weighted by Crippen LogP contribution is 2.29. The molecule has 0 fully saturated rings. The monoisotopic (exact) mass is 264 g/mol. The molecule has 17 heavy (non-hydrogen) atoms. The second-order valence-electron chi connectivity index (χ2n) is 3.55. The van der Waals surface area contributed by atoms with Crippen molar-refractivity contribution < 1.29 is 0 Å². The summed E-state index contributed by atoms with van der Waals surface area (Å²) in [6.45, 7) is 0.823. The summed E-state index contributed by atoms with van der Waals surface area (Å²) in [5, 5.41) is 4.93. The predicted octanol–water partition coefficient (Wildman–Crippen LogP) is 3.61. The molecule has 0 spiro atoms. The normalized spacial score (nSPS) is 10.5. The Morgan fingerprint density at radius 3 is 2.71 bits per heavy atom. The summed E-state index contributed by atoms with van der Waals surface area (Å²) in [5.74, 6) is 0. The van der Waals surface area contributed by atoms with Gasteiger partial charge in [0.05, 0.1) is 0 Å². The number of hydrogen-bond acceptors (Lipinski definition) is 3. The number of rotatable bonds is 4. The van der Waals surface area contributed by atoms with Gasteiger partial charge < -0.3 is 5.32 Å². The van der Waals surface area contributed by atoms with Crippen LogP contribution in [0.15, 0.2) is 52.5 Å². The predicted molar refractivity (Wildman–Crippen MR) is 72.6 cm³/mol. The van der Waals surface area contributed by atoms with Crippen LogP contribution < -0.4 is 5.32 Å². The summed E-state index contributed by atoms with van der Waals surface area (Å²) in [6.07, 6.45) is 1.82. The molecule has 88 valence electrons. The summed E-state index contributed by atoms with van der Waals surface area (Å²) in [4.78, 5) is 5.55. The van der Waals surface area contributed by atoms with Crippen molar-refractivity contribution in [1.29, 1.82) is 0 Å². The summed E-state index contributed by atoms with van der Waals surface area (Å²) >= 11 is 7.51. The lowest BCUT2D eigenvalue weighted by molar-refractivity contribution is 0.790. The zero-order chi connectivity index (χ0) is 12.1. The maximum Gasteiger partial charge on any atom is 0.105 e. The molecule has 2 rings (SSSR count). The van der Waals surface area contributed by atoms with E-state index < -0.39 is 0 Å². The Hall–Kier alpha value is -1.03. The first-order chi connectivity index (χ1) is 8.29. The molecule has 0 radical (unpaired) electrons. The van der Waals surface area contributed by atoms with E-state index in [-0.39, 0.29) is 0 Å². The third-order valence-corrected chi connectivity index (χ3v) is 3.57. The van der Waals surface area contributed by atoms with Gasteiger partial charge in [0.2, 0.25) is 0 Å². The lowest BCUT2D eigenvalue weighted by Gasteiger charge is -2.07. The Labute approximate surface area is 110 Å². The van der Waals surface area contributed by atoms with Crippen molar-refractivity contribution in [2.45, 2.75) is 16.5 Å².